The van der Waals surface area contributed by atoms with Crippen molar-refractivity contribution in [1.82, 2.24) is 10.3 Å². The lowest BCUT2D eigenvalue weighted by molar-refractivity contribution is -0.123. The van der Waals surface area contributed by atoms with Crippen molar-refractivity contribution in [1.29, 1.82) is 0 Å². The van der Waals surface area contributed by atoms with Gasteiger partial charge in [0.15, 0.2) is 0 Å². The number of amides is 2. The van der Waals surface area contributed by atoms with Crippen molar-refractivity contribution in [3.8, 4) is 0 Å². The molecule has 0 saturated heterocycles. The molecule has 3 rings (SSSR count). The molecule has 0 radical (unpaired) electrons. The summed E-state index contributed by atoms with van der Waals surface area (Å²) in [5.74, 6) is -0.442. The summed E-state index contributed by atoms with van der Waals surface area (Å²) in [6, 6.07) is 12.1. The monoisotopic (exact) mass is 399 g/mol. The molecular weight excluding hydrogens is 374 g/mol. The minimum atomic E-state index is -0.619. The molecule has 1 atom stereocenters. The molecule has 1 N–H and O–H groups in total. The number of carbonyl (C=O) groups excluding carboxylic acids is 2. The summed E-state index contributed by atoms with van der Waals surface area (Å²) in [5, 5.41) is 3.48. The lowest BCUT2D eigenvalue weighted by Gasteiger charge is -2.34. The van der Waals surface area contributed by atoms with E-state index in [1.54, 1.807) is 17.0 Å². The Morgan fingerprint density at radius 1 is 1.11 bits per heavy atom. The van der Waals surface area contributed by atoms with Crippen LogP contribution < -0.4 is 10.2 Å². The molecule has 1 saturated carbocycles. The lowest BCUT2D eigenvalue weighted by atomic mass is 9.99. The third kappa shape index (κ3) is 4.71. The van der Waals surface area contributed by atoms with Crippen molar-refractivity contribution in [2.45, 2.75) is 51.6 Å². The molecule has 0 bridgehead atoms. The normalized spacial score (nSPS) is 15.4. The zero-order valence-electron chi connectivity index (χ0n) is 16.3. The van der Waals surface area contributed by atoms with Crippen molar-refractivity contribution in [3.63, 3.8) is 0 Å². The van der Waals surface area contributed by atoms with Gasteiger partial charge in [-0.3, -0.25) is 14.5 Å². The number of nitrogens with one attached hydrogen (secondary N) is 1. The van der Waals surface area contributed by atoms with Crippen LogP contribution in [0.15, 0.2) is 48.7 Å². The Hall–Kier alpha value is -2.40. The molecule has 1 aliphatic carbocycles. The van der Waals surface area contributed by atoms with Crippen molar-refractivity contribution < 1.29 is 9.59 Å². The van der Waals surface area contributed by atoms with E-state index in [1.807, 2.05) is 44.2 Å². The standard InChI is InChI=1S/C22H26ClN3O2/c1-15(2)20(21(27)25-17-8-6-7-9-17)26(18-10-4-3-5-11-18)22(28)16-12-13-19(23)24-14-16/h3-5,10-15,17,20H,6-9H2,1-2H3,(H,25,27). The number of para-hydroxylation sites is 1. The average molecular weight is 400 g/mol. The molecule has 1 heterocycles. The largest absolute Gasteiger partial charge is 0.352 e. The zero-order valence-corrected chi connectivity index (χ0v) is 17.0. The molecule has 1 unspecified atom stereocenters. The second-order valence-electron chi connectivity index (χ2n) is 7.56. The van der Waals surface area contributed by atoms with Crippen LogP contribution in [-0.4, -0.2) is 28.9 Å². The van der Waals surface area contributed by atoms with Gasteiger partial charge in [-0.25, -0.2) is 4.98 Å². The predicted molar refractivity (Wildman–Crippen MR) is 112 cm³/mol. The molecule has 0 spiro atoms. The van der Waals surface area contributed by atoms with Crippen LogP contribution in [0.1, 0.15) is 49.9 Å². The SMILES string of the molecule is CC(C)C(C(=O)NC1CCCC1)N(C(=O)c1ccc(Cl)nc1)c1ccccc1. The van der Waals surface area contributed by atoms with E-state index in [0.717, 1.165) is 25.7 Å². The summed E-state index contributed by atoms with van der Waals surface area (Å²) < 4.78 is 0. The molecule has 0 aliphatic heterocycles. The molecule has 1 fully saturated rings. The van der Waals surface area contributed by atoms with Gasteiger partial charge in [-0.15, -0.1) is 0 Å². The van der Waals surface area contributed by atoms with E-state index in [-0.39, 0.29) is 23.8 Å². The van der Waals surface area contributed by atoms with Gasteiger partial charge in [-0.1, -0.05) is 56.5 Å². The van der Waals surface area contributed by atoms with Crippen molar-refractivity contribution in [3.05, 3.63) is 59.4 Å². The van der Waals surface area contributed by atoms with Gasteiger partial charge in [0.25, 0.3) is 5.91 Å². The second-order valence-corrected chi connectivity index (χ2v) is 7.95. The number of benzene rings is 1. The van der Waals surface area contributed by atoms with Crippen LogP contribution >= 0.6 is 11.6 Å². The highest BCUT2D eigenvalue weighted by Crippen LogP contribution is 2.25. The van der Waals surface area contributed by atoms with E-state index in [9.17, 15) is 9.59 Å². The first kappa shape index (κ1) is 20.3. The molecule has 5 nitrogen and oxygen atoms in total. The highest BCUT2D eigenvalue weighted by atomic mass is 35.5. The summed E-state index contributed by atoms with van der Waals surface area (Å²) >= 11 is 5.87. The van der Waals surface area contributed by atoms with Gasteiger partial charge in [0, 0.05) is 17.9 Å². The number of nitrogens with zero attached hydrogens (tertiary/aromatic N) is 2. The molecule has 2 amide bonds. The predicted octanol–water partition coefficient (Wildman–Crippen LogP) is 4.47. The summed E-state index contributed by atoms with van der Waals surface area (Å²) in [5.41, 5.74) is 1.08. The van der Waals surface area contributed by atoms with E-state index in [0.29, 0.717) is 16.4 Å². The number of halogens is 1. The number of hydrogen-bond acceptors (Lipinski definition) is 3. The minimum Gasteiger partial charge on any atom is -0.352 e. The van der Waals surface area contributed by atoms with Crippen LogP contribution in [0.3, 0.4) is 0 Å². The van der Waals surface area contributed by atoms with Crippen LogP contribution in [0, 0.1) is 5.92 Å². The van der Waals surface area contributed by atoms with Crippen LogP contribution in [0.2, 0.25) is 5.15 Å². The van der Waals surface area contributed by atoms with E-state index < -0.39 is 6.04 Å². The summed E-state index contributed by atoms with van der Waals surface area (Å²) in [6.07, 6.45) is 5.71. The maximum absolute atomic E-state index is 13.4. The molecule has 28 heavy (non-hydrogen) atoms. The smallest absolute Gasteiger partial charge is 0.260 e. The van der Waals surface area contributed by atoms with E-state index >= 15 is 0 Å². The first-order valence-corrected chi connectivity index (χ1v) is 10.2. The van der Waals surface area contributed by atoms with Gasteiger partial charge in [-0.05, 0) is 43.0 Å². The summed E-state index contributed by atoms with van der Waals surface area (Å²) in [7, 11) is 0. The Kier molecular flexibility index (Phi) is 6.68. The van der Waals surface area contributed by atoms with E-state index in [2.05, 4.69) is 10.3 Å². The fourth-order valence-corrected chi connectivity index (χ4v) is 3.82. The quantitative estimate of drug-likeness (QED) is 0.729. The fourth-order valence-electron chi connectivity index (χ4n) is 3.71. The maximum atomic E-state index is 13.4. The van der Waals surface area contributed by atoms with Crippen molar-refractivity contribution in [2.24, 2.45) is 5.92 Å². The Morgan fingerprint density at radius 3 is 2.36 bits per heavy atom. The van der Waals surface area contributed by atoms with Gasteiger partial charge in [0.05, 0.1) is 5.56 Å². The number of hydrogen-bond donors (Lipinski definition) is 1. The third-order valence-electron chi connectivity index (χ3n) is 5.11. The number of anilines is 1. The lowest BCUT2D eigenvalue weighted by Crippen LogP contribution is -2.54. The number of pyridine rings is 1. The fraction of sp³-hybridized carbons (Fsp3) is 0.409. The highest BCUT2D eigenvalue weighted by Gasteiger charge is 2.35. The van der Waals surface area contributed by atoms with Gasteiger partial charge >= 0.3 is 0 Å². The number of aromatic nitrogens is 1. The molecule has 1 aromatic heterocycles. The molecular formula is C22H26ClN3O2. The Labute approximate surface area is 171 Å². The molecule has 1 aromatic carbocycles. The van der Waals surface area contributed by atoms with E-state index in [1.165, 1.54) is 6.20 Å². The van der Waals surface area contributed by atoms with E-state index in [4.69, 9.17) is 11.6 Å². The molecule has 148 valence electrons. The summed E-state index contributed by atoms with van der Waals surface area (Å²) in [6.45, 7) is 3.92. The molecule has 6 heteroatoms. The summed E-state index contributed by atoms with van der Waals surface area (Å²) in [4.78, 5) is 32.2. The van der Waals surface area contributed by atoms with Gasteiger partial charge < -0.3 is 5.32 Å². The third-order valence-corrected chi connectivity index (χ3v) is 5.33. The van der Waals surface area contributed by atoms with Crippen LogP contribution in [0.25, 0.3) is 0 Å². The molecule has 1 aliphatic rings. The van der Waals surface area contributed by atoms with Gasteiger partial charge in [-0.2, -0.15) is 0 Å². The highest BCUT2D eigenvalue weighted by molar-refractivity contribution is 6.29. The Balaban J connectivity index is 1.96. The van der Waals surface area contributed by atoms with Crippen LogP contribution in [0.4, 0.5) is 5.69 Å². The van der Waals surface area contributed by atoms with Crippen LogP contribution in [-0.2, 0) is 4.79 Å². The Bertz CT molecular complexity index is 802. The number of carbonyl (C=O) groups is 2. The first-order chi connectivity index (χ1) is 13.5. The number of rotatable bonds is 6. The first-order valence-electron chi connectivity index (χ1n) is 9.78. The second kappa shape index (κ2) is 9.20. The zero-order chi connectivity index (χ0) is 20.1. The average Bonchev–Trinajstić information content (AvgIpc) is 3.19. The van der Waals surface area contributed by atoms with Crippen molar-refractivity contribution >= 4 is 29.1 Å². The van der Waals surface area contributed by atoms with Crippen LogP contribution in [0.5, 0.6) is 0 Å². The molecule has 2 aromatic rings. The minimum absolute atomic E-state index is 0.0641. The topological polar surface area (TPSA) is 62.3 Å². The van der Waals surface area contributed by atoms with Gasteiger partial charge in [0.1, 0.15) is 11.2 Å². The maximum Gasteiger partial charge on any atom is 0.260 e. The van der Waals surface area contributed by atoms with Gasteiger partial charge in [0.2, 0.25) is 5.91 Å². The Morgan fingerprint density at radius 2 is 1.79 bits per heavy atom. The van der Waals surface area contributed by atoms with Crippen molar-refractivity contribution in [2.75, 3.05) is 4.90 Å².